The lowest BCUT2D eigenvalue weighted by Crippen LogP contribution is -2.48. The number of rotatable bonds is 4. The van der Waals surface area contributed by atoms with E-state index in [9.17, 15) is 14.0 Å². The van der Waals surface area contributed by atoms with Crippen LogP contribution in [0.2, 0.25) is 0 Å². The van der Waals surface area contributed by atoms with Gasteiger partial charge in [0, 0.05) is 49.4 Å². The van der Waals surface area contributed by atoms with Gasteiger partial charge in [0.1, 0.15) is 5.82 Å². The van der Waals surface area contributed by atoms with E-state index in [1.54, 1.807) is 12.1 Å². The first kappa shape index (κ1) is 21.4. The SMILES string of the molecule is O=C(c1cccc(Cc2n[nH]c(=O)c3c2CCCC3)c1)N1CCN(c2ccc(F)cc2)CC1. The molecular formula is C26H27FN4O2. The van der Waals surface area contributed by atoms with Crippen LogP contribution in [-0.2, 0) is 19.3 Å². The Morgan fingerprint density at radius 1 is 0.970 bits per heavy atom. The van der Waals surface area contributed by atoms with Crippen LogP contribution in [0.3, 0.4) is 0 Å². The highest BCUT2D eigenvalue weighted by molar-refractivity contribution is 5.94. The van der Waals surface area contributed by atoms with Gasteiger partial charge in [-0.15, -0.1) is 0 Å². The molecule has 1 saturated heterocycles. The van der Waals surface area contributed by atoms with Crippen LogP contribution in [0.1, 0.15) is 45.6 Å². The van der Waals surface area contributed by atoms with E-state index in [-0.39, 0.29) is 17.3 Å². The maximum Gasteiger partial charge on any atom is 0.267 e. The highest BCUT2D eigenvalue weighted by Gasteiger charge is 2.23. The van der Waals surface area contributed by atoms with E-state index in [0.717, 1.165) is 53.8 Å². The molecule has 1 fully saturated rings. The van der Waals surface area contributed by atoms with Crippen LogP contribution in [-0.4, -0.2) is 47.2 Å². The number of aromatic amines is 1. The zero-order valence-corrected chi connectivity index (χ0v) is 18.5. The fraction of sp³-hybridized carbons (Fsp3) is 0.346. The number of anilines is 1. The van der Waals surface area contributed by atoms with Crippen LogP contribution in [0, 0.1) is 5.82 Å². The Morgan fingerprint density at radius 2 is 1.70 bits per heavy atom. The molecule has 0 radical (unpaired) electrons. The van der Waals surface area contributed by atoms with Gasteiger partial charge in [0.25, 0.3) is 11.5 Å². The molecule has 1 aromatic heterocycles. The fourth-order valence-electron chi connectivity index (χ4n) is 4.88. The van der Waals surface area contributed by atoms with E-state index >= 15 is 0 Å². The lowest BCUT2D eigenvalue weighted by molar-refractivity contribution is 0.0746. The van der Waals surface area contributed by atoms with Gasteiger partial charge in [-0.1, -0.05) is 12.1 Å². The van der Waals surface area contributed by atoms with Crippen LogP contribution in [0.15, 0.2) is 53.3 Å². The molecule has 7 heteroatoms. The Labute approximate surface area is 192 Å². The van der Waals surface area contributed by atoms with E-state index < -0.39 is 0 Å². The Bertz CT molecular complexity index is 1210. The first-order chi connectivity index (χ1) is 16.1. The zero-order valence-electron chi connectivity index (χ0n) is 18.5. The summed E-state index contributed by atoms with van der Waals surface area (Å²) in [6.45, 7) is 2.67. The minimum absolute atomic E-state index is 0.0204. The largest absolute Gasteiger partial charge is 0.368 e. The molecule has 0 bridgehead atoms. The molecule has 5 rings (SSSR count). The van der Waals surface area contributed by atoms with Gasteiger partial charge in [-0.2, -0.15) is 5.10 Å². The Kier molecular flexibility index (Phi) is 5.94. The second-order valence-corrected chi connectivity index (χ2v) is 8.80. The number of carbonyl (C=O) groups is 1. The number of carbonyl (C=O) groups excluding carboxylic acids is 1. The van der Waals surface area contributed by atoms with Crippen molar-refractivity contribution in [3.8, 4) is 0 Å². The molecule has 2 aliphatic rings. The number of benzene rings is 2. The molecule has 1 aliphatic heterocycles. The second-order valence-electron chi connectivity index (χ2n) is 8.80. The first-order valence-corrected chi connectivity index (χ1v) is 11.6. The maximum absolute atomic E-state index is 13.2. The molecule has 3 aromatic rings. The highest BCUT2D eigenvalue weighted by atomic mass is 19.1. The lowest BCUT2D eigenvalue weighted by Gasteiger charge is -2.36. The molecule has 170 valence electrons. The Balaban J connectivity index is 1.27. The van der Waals surface area contributed by atoms with E-state index in [2.05, 4.69) is 15.1 Å². The zero-order chi connectivity index (χ0) is 22.8. The predicted octanol–water partition coefficient (Wildman–Crippen LogP) is 3.34. The predicted molar refractivity (Wildman–Crippen MR) is 125 cm³/mol. The molecule has 33 heavy (non-hydrogen) atoms. The highest BCUT2D eigenvalue weighted by Crippen LogP contribution is 2.23. The van der Waals surface area contributed by atoms with Gasteiger partial charge in [-0.05, 0) is 73.2 Å². The minimum atomic E-state index is -0.245. The lowest BCUT2D eigenvalue weighted by atomic mass is 9.90. The molecule has 1 aliphatic carbocycles. The number of hydrogen-bond donors (Lipinski definition) is 1. The van der Waals surface area contributed by atoms with E-state index in [1.165, 1.54) is 12.1 Å². The monoisotopic (exact) mass is 446 g/mol. The average Bonchev–Trinajstić information content (AvgIpc) is 2.86. The number of nitrogens with one attached hydrogen (secondary N) is 1. The summed E-state index contributed by atoms with van der Waals surface area (Å²) in [7, 11) is 0. The van der Waals surface area contributed by atoms with Crippen LogP contribution < -0.4 is 10.5 Å². The number of amides is 1. The Morgan fingerprint density at radius 3 is 2.45 bits per heavy atom. The van der Waals surface area contributed by atoms with Gasteiger partial charge >= 0.3 is 0 Å². The normalized spacial score (nSPS) is 15.9. The summed E-state index contributed by atoms with van der Waals surface area (Å²) in [4.78, 5) is 29.3. The third-order valence-electron chi connectivity index (χ3n) is 6.69. The van der Waals surface area contributed by atoms with Crippen molar-refractivity contribution < 1.29 is 9.18 Å². The number of halogens is 1. The molecule has 2 heterocycles. The van der Waals surface area contributed by atoms with Crippen molar-refractivity contribution in [3.63, 3.8) is 0 Å². The van der Waals surface area contributed by atoms with Gasteiger partial charge in [0.2, 0.25) is 0 Å². The first-order valence-electron chi connectivity index (χ1n) is 11.6. The summed E-state index contributed by atoms with van der Waals surface area (Å²) in [5.74, 6) is -0.225. The molecule has 0 atom stereocenters. The van der Waals surface area contributed by atoms with E-state index in [1.807, 2.05) is 29.2 Å². The minimum Gasteiger partial charge on any atom is -0.368 e. The molecule has 0 spiro atoms. The molecule has 1 N–H and O–H groups in total. The molecule has 0 saturated carbocycles. The van der Waals surface area contributed by atoms with Gasteiger partial charge in [0.15, 0.2) is 0 Å². The number of piperazine rings is 1. The van der Waals surface area contributed by atoms with Gasteiger partial charge < -0.3 is 9.80 Å². The van der Waals surface area contributed by atoms with E-state index in [4.69, 9.17) is 0 Å². The maximum atomic E-state index is 13.2. The van der Waals surface area contributed by atoms with Crippen LogP contribution in [0.5, 0.6) is 0 Å². The topological polar surface area (TPSA) is 69.3 Å². The summed E-state index contributed by atoms with van der Waals surface area (Å²) >= 11 is 0. The third-order valence-corrected chi connectivity index (χ3v) is 6.69. The Hall–Kier alpha value is -3.48. The van der Waals surface area contributed by atoms with Crippen molar-refractivity contribution in [1.29, 1.82) is 0 Å². The number of hydrogen-bond acceptors (Lipinski definition) is 4. The molecule has 1 amide bonds. The number of H-pyrrole nitrogens is 1. The van der Waals surface area contributed by atoms with Crippen molar-refractivity contribution >= 4 is 11.6 Å². The van der Waals surface area contributed by atoms with Crippen molar-refractivity contribution in [2.45, 2.75) is 32.1 Å². The number of fused-ring (bicyclic) bond motifs is 1. The molecular weight excluding hydrogens is 419 g/mol. The second kappa shape index (κ2) is 9.17. The van der Waals surface area contributed by atoms with Gasteiger partial charge in [0.05, 0.1) is 5.69 Å². The summed E-state index contributed by atoms with van der Waals surface area (Å²) in [6.07, 6.45) is 4.41. The average molecular weight is 447 g/mol. The van der Waals surface area contributed by atoms with Gasteiger partial charge in [-0.25, -0.2) is 9.49 Å². The summed E-state index contributed by atoms with van der Waals surface area (Å²) in [6, 6.07) is 14.2. The fourth-order valence-corrected chi connectivity index (χ4v) is 4.88. The van der Waals surface area contributed by atoms with Crippen molar-refractivity contribution in [1.82, 2.24) is 15.1 Å². The number of nitrogens with zero attached hydrogens (tertiary/aromatic N) is 3. The summed E-state index contributed by atoms with van der Waals surface area (Å²) < 4.78 is 13.2. The smallest absolute Gasteiger partial charge is 0.267 e. The number of aromatic nitrogens is 2. The third kappa shape index (κ3) is 4.53. The van der Waals surface area contributed by atoms with Crippen LogP contribution >= 0.6 is 0 Å². The van der Waals surface area contributed by atoms with E-state index in [0.29, 0.717) is 38.2 Å². The van der Waals surface area contributed by atoms with Crippen LogP contribution in [0.25, 0.3) is 0 Å². The van der Waals surface area contributed by atoms with Crippen molar-refractivity contribution in [2.24, 2.45) is 0 Å². The van der Waals surface area contributed by atoms with Gasteiger partial charge in [-0.3, -0.25) is 9.59 Å². The van der Waals surface area contributed by atoms with Crippen molar-refractivity contribution in [2.75, 3.05) is 31.1 Å². The van der Waals surface area contributed by atoms with Crippen LogP contribution in [0.4, 0.5) is 10.1 Å². The summed E-state index contributed by atoms with van der Waals surface area (Å²) in [5.41, 5.74) is 5.44. The molecule has 0 unspecified atom stereocenters. The molecule has 2 aromatic carbocycles. The quantitative estimate of drug-likeness (QED) is 0.668. The molecule has 6 nitrogen and oxygen atoms in total. The summed E-state index contributed by atoms with van der Waals surface area (Å²) in [5, 5.41) is 6.98. The van der Waals surface area contributed by atoms with Crippen molar-refractivity contribution in [3.05, 3.63) is 92.6 Å². The standard InChI is InChI=1S/C26H27FN4O2/c27-20-8-10-21(11-9-20)30-12-14-31(15-13-30)26(33)19-5-3-4-18(16-19)17-24-22-6-1-2-7-23(22)25(32)29-28-24/h3-5,8-11,16H,1-2,6-7,12-15,17H2,(H,29,32).